The highest BCUT2D eigenvalue weighted by Crippen LogP contribution is 2.30. The van der Waals surface area contributed by atoms with Gasteiger partial charge in [0.25, 0.3) is 0 Å². The van der Waals surface area contributed by atoms with Crippen molar-refractivity contribution in [3.8, 4) is 5.75 Å². The van der Waals surface area contributed by atoms with Crippen molar-refractivity contribution in [3.63, 3.8) is 0 Å². The van der Waals surface area contributed by atoms with Crippen molar-refractivity contribution in [2.45, 2.75) is 19.4 Å². The molecule has 1 unspecified atom stereocenters. The molecule has 0 aromatic heterocycles. The van der Waals surface area contributed by atoms with Crippen LogP contribution in [-0.4, -0.2) is 23.8 Å². The largest absolute Gasteiger partial charge is 0.506 e. The number of benzene rings is 1. The lowest BCUT2D eigenvalue weighted by molar-refractivity contribution is 0.131. The zero-order chi connectivity index (χ0) is 10.8. The van der Waals surface area contributed by atoms with Gasteiger partial charge in [-0.15, -0.1) is 0 Å². The molecule has 80 valence electrons. The van der Waals surface area contributed by atoms with Crippen molar-refractivity contribution in [3.05, 3.63) is 24.3 Å². The number of carbonyl (C=O) groups excluding carboxylic acids is 1. The molecule has 1 fully saturated rings. The molecule has 1 aliphatic heterocycles. The lowest BCUT2D eigenvalue weighted by Gasteiger charge is -2.32. The highest BCUT2D eigenvalue weighted by molar-refractivity contribution is 5.90. The van der Waals surface area contributed by atoms with Gasteiger partial charge in [0, 0.05) is 12.5 Å². The third-order valence-electron chi connectivity index (χ3n) is 2.54. The topological polar surface area (TPSA) is 49.8 Å². The number of cyclic esters (lactones) is 1. The van der Waals surface area contributed by atoms with E-state index in [1.54, 1.807) is 24.3 Å². The van der Waals surface area contributed by atoms with Gasteiger partial charge in [-0.2, -0.15) is 0 Å². The van der Waals surface area contributed by atoms with E-state index in [0.717, 1.165) is 6.42 Å². The average Bonchev–Trinajstić information content (AvgIpc) is 2.20. The maximum absolute atomic E-state index is 11.5. The Morgan fingerprint density at radius 1 is 1.47 bits per heavy atom. The molecule has 1 saturated heterocycles. The Balaban J connectivity index is 2.36. The molecule has 1 aliphatic rings. The monoisotopic (exact) mass is 207 g/mol. The summed E-state index contributed by atoms with van der Waals surface area (Å²) in [4.78, 5) is 13.0. The van der Waals surface area contributed by atoms with Crippen molar-refractivity contribution in [1.29, 1.82) is 0 Å². The van der Waals surface area contributed by atoms with Crippen molar-refractivity contribution < 1.29 is 14.6 Å². The number of para-hydroxylation sites is 2. The van der Waals surface area contributed by atoms with Crippen molar-refractivity contribution >= 4 is 11.8 Å². The number of amides is 1. The molecule has 0 bridgehead atoms. The fourth-order valence-electron chi connectivity index (χ4n) is 1.70. The molecule has 0 spiro atoms. The molecular formula is C11H13NO3. The zero-order valence-corrected chi connectivity index (χ0v) is 8.51. The van der Waals surface area contributed by atoms with Crippen LogP contribution in [0.1, 0.15) is 13.3 Å². The van der Waals surface area contributed by atoms with Crippen molar-refractivity contribution in [2.75, 3.05) is 11.5 Å². The third kappa shape index (κ3) is 1.75. The number of hydrogen-bond acceptors (Lipinski definition) is 3. The second-order valence-electron chi connectivity index (χ2n) is 3.61. The van der Waals surface area contributed by atoms with Crippen LogP contribution in [-0.2, 0) is 4.74 Å². The molecule has 1 aromatic rings. The molecule has 0 saturated carbocycles. The summed E-state index contributed by atoms with van der Waals surface area (Å²) in [6.45, 7) is 2.39. The molecule has 1 N–H and O–H groups in total. The number of nitrogens with zero attached hydrogens (tertiary/aromatic N) is 1. The lowest BCUT2D eigenvalue weighted by atomic mass is 10.1. The number of ether oxygens (including phenoxy) is 1. The third-order valence-corrected chi connectivity index (χ3v) is 2.54. The first-order valence-corrected chi connectivity index (χ1v) is 4.94. The summed E-state index contributed by atoms with van der Waals surface area (Å²) in [7, 11) is 0. The predicted molar refractivity (Wildman–Crippen MR) is 56.0 cm³/mol. The van der Waals surface area contributed by atoms with Gasteiger partial charge in [0.1, 0.15) is 5.75 Å². The van der Waals surface area contributed by atoms with Crippen LogP contribution in [0.4, 0.5) is 10.5 Å². The average molecular weight is 207 g/mol. The van der Waals surface area contributed by atoms with E-state index in [2.05, 4.69) is 0 Å². The molecule has 0 radical (unpaired) electrons. The van der Waals surface area contributed by atoms with E-state index in [4.69, 9.17) is 4.74 Å². The SMILES string of the molecule is CC1CCOC(=O)N1c1ccccc1O. The normalized spacial score (nSPS) is 21.3. The molecule has 1 atom stereocenters. The van der Waals surface area contributed by atoms with E-state index in [9.17, 15) is 9.90 Å². The minimum atomic E-state index is -0.393. The molecule has 1 aromatic carbocycles. The van der Waals surface area contributed by atoms with Crippen LogP contribution in [0.3, 0.4) is 0 Å². The van der Waals surface area contributed by atoms with E-state index < -0.39 is 6.09 Å². The predicted octanol–water partition coefficient (Wildman–Crippen LogP) is 2.13. The number of phenolic OH excluding ortho intramolecular Hbond substituents is 1. The van der Waals surface area contributed by atoms with Crippen LogP contribution < -0.4 is 4.90 Å². The summed E-state index contributed by atoms with van der Waals surface area (Å²) in [6.07, 6.45) is 0.385. The van der Waals surface area contributed by atoms with Gasteiger partial charge < -0.3 is 9.84 Å². The number of hydrogen-bond donors (Lipinski definition) is 1. The smallest absolute Gasteiger partial charge is 0.414 e. The fraction of sp³-hybridized carbons (Fsp3) is 0.364. The van der Waals surface area contributed by atoms with E-state index in [0.29, 0.717) is 12.3 Å². The lowest BCUT2D eigenvalue weighted by Crippen LogP contribution is -2.44. The zero-order valence-electron chi connectivity index (χ0n) is 8.51. The first kappa shape index (κ1) is 9.83. The van der Waals surface area contributed by atoms with Crippen LogP contribution in [0.15, 0.2) is 24.3 Å². The Kier molecular flexibility index (Phi) is 2.49. The Labute approximate surface area is 88.1 Å². The summed E-state index contributed by atoms with van der Waals surface area (Å²) in [5, 5.41) is 9.65. The molecule has 1 amide bonds. The fourth-order valence-corrected chi connectivity index (χ4v) is 1.70. The molecule has 2 rings (SSSR count). The minimum Gasteiger partial charge on any atom is -0.506 e. The second-order valence-corrected chi connectivity index (χ2v) is 3.61. The Bertz CT molecular complexity index is 378. The van der Waals surface area contributed by atoms with Gasteiger partial charge in [-0.05, 0) is 19.1 Å². The van der Waals surface area contributed by atoms with Crippen molar-refractivity contribution in [1.82, 2.24) is 0 Å². The van der Waals surface area contributed by atoms with Crippen LogP contribution >= 0.6 is 0 Å². The highest BCUT2D eigenvalue weighted by atomic mass is 16.6. The van der Waals surface area contributed by atoms with E-state index in [1.807, 2.05) is 6.92 Å². The molecule has 1 heterocycles. The van der Waals surface area contributed by atoms with Crippen LogP contribution in [0, 0.1) is 0 Å². The Morgan fingerprint density at radius 3 is 2.87 bits per heavy atom. The quantitative estimate of drug-likeness (QED) is 0.767. The number of phenols is 1. The number of aromatic hydroxyl groups is 1. The maximum atomic E-state index is 11.5. The summed E-state index contributed by atoms with van der Waals surface area (Å²) in [6, 6.07) is 6.82. The van der Waals surface area contributed by atoms with Gasteiger partial charge in [-0.3, -0.25) is 4.90 Å². The van der Waals surface area contributed by atoms with Crippen LogP contribution in [0.2, 0.25) is 0 Å². The molecular weight excluding hydrogens is 194 g/mol. The Morgan fingerprint density at radius 2 is 2.20 bits per heavy atom. The van der Waals surface area contributed by atoms with E-state index in [-0.39, 0.29) is 11.8 Å². The van der Waals surface area contributed by atoms with E-state index >= 15 is 0 Å². The molecule has 0 aliphatic carbocycles. The summed E-state index contributed by atoms with van der Waals surface area (Å²) in [5.41, 5.74) is 0.509. The number of carbonyl (C=O) groups is 1. The summed E-state index contributed by atoms with van der Waals surface area (Å²) < 4.78 is 4.95. The van der Waals surface area contributed by atoms with Gasteiger partial charge in [0.15, 0.2) is 0 Å². The first-order valence-electron chi connectivity index (χ1n) is 4.94. The molecule has 4 heteroatoms. The van der Waals surface area contributed by atoms with E-state index in [1.165, 1.54) is 4.90 Å². The van der Waals surface area contributed by atoms with Crippen LogP contribution in [0.25, 0.3) is 0 Å². The Hall–Kier alpha value is -1.71. The van der Waals surface area contributed by atoms with Crippen molar-refractivity contribution in [2.24, 2.45) is 0 Å². The first-order chi connectivity index (χ1) is 7.20. The van der Waals surface area contributed by atoms with Gasteiger partial charge in [0.2, 0.25) is 0 Å². The second kappa shape index (κ2) is 3.81. The molecule has 4 nitrogen and oxygen atoms in total. The van der Waals surface area contributed by atoms with Gasteiger partial charge >= 0.3 is 6.09 Å². The summed E-state index contributed by atoms with van der Waals surface area (Å²) in [5.74, 6) is 0.100. The maximum Gasteiger partial charge on any atom is 0.414 e. The number of rotatable bonds is 1. The standard InChI is InChI=1S/C11H13NO3/c1-8-6-7-15-11(14)12(8)9-4-2-3-5-10(9)13/h2-5,8,13H,6-7H2,1H3. The van der Waals surface area contributed by atoms with Gasteiger partial charge in [-0.25, -0.2) is 4.79 Å². The minimum absolute atomic E-state index is 0.0551. The summed E-state index contributed by atoms with van der Waals surface area (Å²) >= 11 is 0. The molecule has 15 heavy (non-hydrogen) atoms. The van der Waals surface area contributed by atoms with Crippen LogP contribution in [0.5, 0.6) is 5.75 Å². The van der Waals surface area contributed by atoms with Gasteiger partial charge in [-0.1, -0.05) is 12.1 Å². The number of anilines is 1. The van der Waals surface area contributed by atoms with Gasteiger partial charge in [0.05, 0.1) is 12.3 Å². The highest BCUT2D eigenvalue weighted by Gasteiger charge is 2.29.